The first-order valence-electron chi connectivity index (χ1n) is 5.67. The Morgan fingerprint density at radius 2 is 1.70 bits per heavy atom. The summed E-state index contributed by atoms with van der Waals surface area (Å²) < 4.78 is 60.0. The Morgan fingerprint density at radius 3 is 2.25 bits per heavy atom. The Bertz CT molecular complexity index is 697. The normalized spacial score (nSPS) is 14.3. The van der Waals surface area contributed by atoms with Crippen molar-refractivity contribution in [1.82, 2.24) is 0 Å². The predicted molar refractivity (Wildman–Crippen MR) is 66.9 cm³/mol. The molecule has 0 aliphatic carbocycles. The van der Waals surface area contributed by atoms with Crippen LogP contribution in [0.15, 0.2) is 21.8 Å². The Kier molecular flexibility index (Phi) is 3.21. The van der Waals surface area contributed by atoms with Gasteiger partial charge in [-0.15, -0.1) is 0 Å². The Balaban J connectivity index is 2.36. The summed E-state index contributed by atoms with van der Waals surface area (Å²) in [5, 5.41) is 3.13. The van der Waals surface area contributed by atoms with Gasteiger partial charge < -0.3 is 4.74 Å². The molecule has 104 valence electrons. The minimum absolute atomic E-state index is 0.193. The number of ether oxygens (including phenoxy) is 1. The summed E-state index contributed by atoms with van der Waals surface area (Å²) in [6.07, 6.45) is 0. The van der Waals surface area contributed by atoms with Gasteiger partial charge in [-0.3, -0.25) is 0 Å². The van der Waals surface area contributed by atoms with Crippen molar-refractivity contribution in [2.75, 3.05) is 13.2 Å². The number of hydrogen-bond acceptors (Lipinski definition) is 3. The van der Waals surface area contributed by atoms with Crippen LogP contribution in [0, 0.1) is 23.3 Å². The van der Waals surface area contributed by atoms with Crippen molar-refractivity contribution < 1.29 is 22.3 Å². The molecule has 7 heteroatoms. The highest BCUT2D eigenvalue weighted by molar-refractivity contribution is 7.08. The first kappa shape index (κ1) is 13.1. The van der Waals surface area contributed by atoms with Gasteiger partial charge in [0.2, 0.25) is 5.90 Å². The molecule has 1 aliphatic rings. The summed E-state index contributed by atoms with van der Waals surface area (Å²) in [5.41, 5.74) is -0.598. The van der Waals surface area contributed by atoms with E-state index in [2.05, 4.69) is 4.99 Å². The van der Waals surface area contributed by atoms with Gasteiger partial charge in [-0.25, -0.2) is 22.6 Å². The summed E-state index contributed by atoms with van der Waals surface area (Å²) in [6.45, 7) is 0.455. The predicted octanol–water partition coefficient (Wildman–Crippen LogP) is 3.75. The van der Waals surface area contributed by atoms with E-state index in [0.717, 1.165) is 0 Å². The van der Waals surface area contributed by atoms with Crippen LogP contribution >= 0.6 is 11.3 Å². The maximum atomic E-state index is 14.0. The SMILES string of the molecule is Fc1c(F)c(F)c(-c2ccsc2)c(C2=NCCO2)c1F. The first-order chi connectivity index (χ1) is 9.61. The van der Waals surface area contributed by atoms with Gasteiger partial charge in [0.1, 0.15) is 6.61 Å². The topological polar surface area (TPSA) is 21.6 Å². The minimum Gasteiger partial charge on any atom is -0.475 e. The molecule has 1 aliphatic heterocycles. The Labute approximate surface area is 115 Å². The van der Waals surface area contributed by atoms with Crippen LogP contribution in [0.5, 0.6) is 0 Å². The van der Waals surface area contributed by atoms with Crippen LogP contribution in [0.1, 0.15) is 5.56 Å². The van der Waals surface area contributed by atoms with E-state index in [1.54, 1.807) is 5.38 Å². The highest BCUT2D eigenvalue weighted by Crippen LogP contribution is 2.34. The van der Waals surface area contributed by atoms with Gasteiger partial charge in [0, 0.05) is 5.56 Å². The fourth-order valence-electron chi connectivity index (χ4n) is 2.00. The third-order valence-corrected chi connectivity index (χ3v) is 3.56. The van der Waals surface area contributed by atoms with Crippen LogP contribution in [-0.4, -0.2) is 19.0 Å². The molecule has 2 heterocycles. The molecule has 0 N–H and O–H groups in total. The van der Waals surface area contributed by atoms with Crippen molar-refractivity contribution in [3.63, 3.8) is 0 Å². The smallest absolute Gasteiger partial charge is 0.220 e. The summed E-state index contributed by atoms with van der Waals surface area (Å²) in [6, 6.07) is 1.48. The molecule has 0 atom stereocenters. The van der Waals surface area contributed by atoms with Gasteiger partial charge in [-0.1, -0.05) is 0 Å². The second-order valence-corrected chi connectivity index (χ2v) is 4.83. The van der Waals surface area contributed by atoms with Gasteiger partial charge >= 0.3 is 0 Å². The fourth-order valence-corrected chi connectivity index (χ4v) is 2.64. The lowest BCUT2D eigenvalue weighted by atomic mass is 10.00. The molecule has 0 unspecified atom stereocenters. The van der Waals surface area contributed by atoms with Crippen LogP contribution < -0.4 is 0 Å². The van der Waals surface area contributed by atoms with Crippen molar-refractivity contribution >= 4 is 17.2 Å². The highest BCUT2D eigenvalue weighted by Gasteiger charge is 2.30. The molecular formula is C13H7F4NOS. The van der Waals surface area contributed by atoms with Gasteiger partial charge in [0.25, 0.3) is 0 Å². The quantitative estimate of drug-likeness (QED) is 0.470. The molecule has 0 saturated carbocycles. The van der Waals surface area contributed by atoms with E-state index in [0.29, 0.717) is 0 Å². The first-order valence-corrected chi connectivity index (χ1v) is 6.61. The number of nitrogens with zero attached hydrogens (tertiary/aromatic N) is 1. The lowest BCUT2D eigenvalue weighted by Crippen LogP contribution is -2.12. The largest absolute Gasteiger partial charge is 0.475 e. The molecule has 3 rings (SSSR count). The van der Waals surface area contributed by atoms with E-state index in [4.69, 9.17) is 4.74 Å². The molecule has 0 bridgehead atoms. The number of halogens is 4. The van der Waals surface area contributed by atoms with Gasteiger partial charge in [-0.2, -0.15) is 11.3 Å². The molecule has 0 fully saturated rings. The molecule has 0 saturated heterocycles. The minimum atomic E-state index is -1.87. The molecule has 2 nitrogen and oxygen atoms in total. The van der Waals surface area contributed by atoms with Crippen LogP contribution in [0.2, 0.25) is 0 Å². The lowest BCUT2D eigenvalue weighted by molar-refractivity contribution is 0.344. The molecule has 0 amide bonds. The fraction of sp³-hybridized carbons (Fsp3) is 0.154. The van der Waals surface area contributed by atoms with E-state index < -0.39 is 28.8 Å². The number of hydrogen-bond donors (Lipinski definition) is 0. The third kappa shape index (κ3) is 1.89. The number of benzene rings is 1. The van der Waals surface area contributed by atoms with E-state index >= 15 is 0 Å². The van der Waals surface area contributed by atoms with E-state index in [1.807, 2.05) is 0 Å². The monoisotopic (exact) mass is 301 g/mol. The second kappa shape index (κ2) is 4.90. The van der Waals surface area contributed by atoms with E-state index in [1.165, 1.54) is 22.8 Å². The van der Waals surface area contributed by atoms with Crippen molar-refractivity contribution in [3.8, 4) is 11.1 Å². The molecule has 2 aromatic rings. The van der Waals surface area contributed by atoms with E-state index in [-0.39, 0.29) is 30.2 Å². The van der Waals surface area contributed by atoms with Crippen LogP contribution in [0.4, 0.5) is 17.6 Å². The van der Waals surface area contributed by atoms with Crippen molar-refractivity contribution in [3.05, 3.63) is 45.7 Å². The molecule has 0 spiro atoms. The van der Waals surface area contributed by atoms with E-state index in [9.17, 15) is 17.6 Å². The summed E-state index contributed by atoms with van der Waals surface area (Å²) in [4.78, 5) is 3.85. The van der Waals surface area contributed by atoms with Crippen LogP contribution in [0.25, 0.3) is 11.1 Å². The van der Waals surface area contributed by atoms with Crippen LogP contribution in [-0.2, 0) is 4.74 Å². The average molecular weight is 301 g/mol. The summed E-state index contributed by atoms with van der Waals surface area (Å²) >= 11 is 1.22. The van der Waals surface area contributed by atoms with Gasteiger partial charge in [0.05, 0.1) is 12.1 Å². The standard InChI is InChI=1S/C13H7F4NOS/c14-9-7(6-1-4-20-5-6)8(13-18-2-3-19-13)10(15)12(17)11(9)16/h1,4-5H,2-3H2. The zero-order chi connectivity index (χ0) is 14.3. The molecule has 20 heavy (non-hydrogen) atoms. The van der Waals surface area contributed by atoms with Crippen LogP contribution in [0.3, 0.4) is 0 Å². The highest BCUT2D eigenvalue weighted by atomic mass is 32.1. The average Bonchev–Trinajstić information content (AvgIpc) is 3.12. The van der Waals surface area contributed by atoms with Crippen molar-refractivity contribution in [2.45, 2.75) is 0 Å². The summed E-state index contributed by atoms with van der Waals surface area (Å²) in [5.74, 6) is -6.86. The Morgan fingerprint density at radius 1 is 1.00 bits per heavy atom. The van der Waals surface area contributed by atoms with Gasteiger partial charge in [0.15, 0.2) is 23.3 Å². The lowest BCUT2D eigenvalue weighted by Gasteiger charge is -2.12. The molecular weight excluding hydrogens is 294 g/mol. The van der Waals surface area contributed by atoms with Crippen molar-refractivity contribution in [2.24, 2.45) is 4.99 Å². The Hall–Kier alpha value is -1.89. The molecule has 1 aromatic heterocycles. The number of rotatable bonds is 2. The maximum absolute atomic E-state index is 14.0. The maximum Gasteiger partial charge on any atom is 0.220 e. The summed E-state index contributed by atoms with van der Waals surface area (Å²) in [7, 11) is 0. The zero-order valence-corrected chi connectivity index (χ0v) is 10.7. The van der Waals surface area contributed by atoms with Gasteiger partial charge in [-0.05, 0) is 22.4 Å². The molecule has 1 aromatic carbocycles. The number of aliphatic imine (C=N–C) groups is 1. The molecule has 0 radical (unpaired) electrons. The number of thiophene rings is 1. The second-order valence-electron chi connectivity index (χ2n) is 4.05. The zero-order valence-electron chi connectivity index (χ0n) is 9.92. The third-order valence-electron chi connectivity index (χ3n) is 2.88. The van der Waals surface area contributed by atoms with Crippen molar-refractivity contribution in [1.29, 1.82) is 0 Å².